The number of aromatic carboxylic acids is 1. The van der Waals surface area contributed by atoms with Crippen LogP contribution in [0.5, 0.6) is 0 Å². The molecule has 0 unspecified atom stereocenters. The summed E-state index contributed by atoms with van der Waals surface area (Å²) in [7, 11) is 0. The van der Waals surface area contributed by atoms with Gasteiger partial charge in [0.1, 0.15) is 5.69 Å². The first-order valence-electron chi connectivity index (χ1n) is 4.16. The predicted molar refractivity (Wildman–Crippen MR) is 57.9 cm³/mol. The van der Waals surface area contributed by atoms with Crippen LogP contribution < -0.4 is 0 Å². The van der Waals surface area contributed by atoms with Crippen LogP contribution >= 0.6 is 11.6 Å². The molecular weight excluding hydrogens is 216 g/mol. The zero-order valence-corrected chi connectivity index (χ0v) is 8.38. The van der Waals surface area contributed by atoms with Crippen molar-refractivity contribution < 1.29 is 9.90 Å². The minimum absolute atomic E-state index is 0.197. The van der Waals surface area contributed by atoms with Gasteiger partial charge >= 0.3 is 5.97 Å². The molecular formula is C10H7ClN2O2. The summed E-state index contributed by atoms with van der Waals surface area (Å²) in [6.07, 6.45) is 0. The van der Waals surface area contributed by atoms with Crippen LogP contribution in [0.25, 0.3) is 15.9 Å². The van der Waals surface area contributed by atoms with E-state index < -0.39 is 5.97 Å². The molecule has 0 spiro atoms. The zero-order chi connectivity index (χ0) is 11.0. The van der Waals surface area contributed by atoms with Gasteiger partial charge in [-0.25, -0.2) is 4.79 Å². The standard InChI is InChI=1S/C10H7ClN2O2/c1-5(11)9-7-4-6(10(14)15)2-3-8(7)12-13-9/h2-4H,1H2,(H,12,13)(H,14,15). The molecule has 0 aliphatic carbocycles. The monoisotopic (exact) mass is 222 g/mol. The van der Waals surface area contributed by atoms with E-state index in [9.17, 15) is 4.79 Å². The van der Waals surface area contributed by atoms with Crippen LogP contribution in [0.3, 0.4) is 0 Å². The SMILES string of the molecule is C=C(Cl)c1n[nH]c2ccc(C(=O)O)cc12. The van der Waals surface area contributed by atoms with E-state index in [0.717, 1.165) is 5.52 Å². The summed E-state index contributed by atoms with van der Waals surface area (Å²) in [5, 5.41) is 16.5. The van der Waals surface area contributed by atoms with Crippen LogP contribution in [-0.2, 0) is 0 Å². The molecule has 0 atom stereocenters. The molecule has 0 amide bonds. The van der Waals surface area contributed by atoms with Crippen LogP contribution in [0.4, 0.5) is 0 Å². The topological polar surface area (TPSA) is 66.0 Å². The third kappa shape index (κ3) is 1.59. The van der Waals surface area contributed by atoms with Crippen molar-refractivity contribution in [2.24, 2.45) is 0 Å². The Labute approximate surface area is 90.2 Å². The first kappa shape index (κ1) is 9.73. The Balaban J connectivity index is 2.72. The number of nitrogens with zero attached hydrogens (tertiary/aromatic N) is 1. The molecule has 2 aromatic rings. The molecule has 76 valence electrons. The fraction of sp³-hybridized carbons (Fsp3) is 0. The number of benzene rings is 1. The number of aromatic nitrogens is 2. The van der Waals surface area contributed by atoms with E-state index >= 15 is 0 Å². The third-order valence-electron chi connectivity index (χ3n) is 2.07. The molecule has 0 saturated heterocycles. The van der Waals surface area contributed by atoms with Crippen molar-refractivity contribution in [2.75, 3.05) is 0 Å². The zero-order valence-electron chi connectivity index (χ0n) is 7.62. The number of H-pyrrole nitrogens is 1. The second kappa shape index (κ2) is 3.40. The molecule has 0 aliphatic heterocycles. The van der Waals surface area contributed by atoms with E-state index in [2.05, 4.69) is 16.8 Å². The summed E-state index contributed by atoms with van der Waals surface area (Å²) in [5.41, 5.74) is 1.41. The number of carboxylic acid groups (broad SMARTS) is 1. The summed E-state index contributed by atoms with van der Waals surface area (Å²) in [6, 6.07) is 4.67. The number of nitrogens with one attached hydrogen (secondary N) is 1. The first-order valence-corrected chi connectivity index (χ1v) is 4.53. The predicted octanol–water partition coefficient (Wildman–Crippen LogP) is 2.47. The third-order valence-corrected chi connectivity index (χ3v) is 2.25. The smallest absolute Gasteiger partial charge is 0.335 e. The normalized spacial score (nSPS) is 10.5. The van der Waals surface area contributed by atoms with Gasteiger partial charge in [-0.1, -0.05) is 18.2 Å². The Bertz CT molecular complexity index is 560. The number of rotatable bonds is 2. The number of hydrogen-bond donors (Lipinski definition) is 2. The van der Waals surface area contributed by atoms with E-state index in [1.54, 1.807) is 6.07 Å². The van der Waals surface area contributed by atoms with E-state index in [1.165, 1.54) is 12.1 Å². The highest BCUT2D eigenvalue weighted by atomic mass is 35.5. The highest BCUT2D eigenvalue weighted by Crippen LogP contribution is 2.24. The van der Waals surface area contributed by atoms with Crippen LogP contribution in [-0.4, -0.2) is 21.3 Å². The Hall–Kier alpha value is -1.81. The first-order chi connectivity index (χ1) is 7.09. The molecule has 1 aromatic carbocycles. The van der Waals surface area contributed by atoms with Gasteiger partial charge in [-0.3, -0.25) is 5.10 Å². The average Bonchev–Trinajstić information content (AvgIpc) is 2.59. The summed E-state index contributed by atoms with van der Waals surface area (Å²) in [6.45, 7) is 3.56. The number of halogens is 1. The van der Waals surface area contributed by atoms with Gasteiger partial charge in [-0.15, -0.1) is 0 Å². The minimum Gasteiger partial charge on any atom is -0.478 e. The van der Waals surface area contributed by atoms with Crippen LogP contribution in [0, 0.1) is 0 Å². The molecule has 0 bridgehead atoms. The maximum atomic E-state index is 10.8. The lowest BCUT2D eigenvalue weighted by molar-refractivity contribution is 0.0697. The number of carboxylic acids is 1. The molecule has 0 radical (unpaired) electrons. The highest BCUT2D eigenvalue weighted by Gasteiger charge is 2.10. The molecule has 1 aromatic heterocycles. The second-order valence-corrected chi connectivity index (χ2v) is 3.50. The largest absolute Gasteiger partial charge is 0.478 e. The Kier molecular flexibility index (Phi) is 2.21. The maximum Gasteiger partial charge on any atom is 0.335 e. The molecule has 2 rings (SSSR count). The second-order valence-electron chi connectivity index (χ2n) is 3.04. The summed E-state index contributed by atoms with van der Waals surface area (Å²) in [4.78, 5) is 10.8. The van der Waals surface area contributed by atoms with E-state index in [4.69, 9.17) is 16.7 Å². The van der Waals surface area contributed by atoms with Crippen LogP contribution in [0.15, 0.2) is 24.8 Å². The molecule has 4 nitrogen and oxygen atoms in total. The van der Waals surface area contributed by atoms with Crippen molar-refractivity contribution in [1.82, 2.24) is 10.2 Å². The molecule has 0 aliphatic rings. The van der Waals surface area contributed by atoms with Gasteiger partial charge in [0, 0.05) is 5.39 Å². The van der Waals surface area contributed by atoms with E-state index in [0.29, 0.717) is 11.1 Å². The van der Waals surface area contributed by atoms with Crippen molar-refractivity contribution in [3.8, 4) is 0 Å². The summed E-state index contributed by atoms with van der Waals surface area (Å²) < 4.78 is 0. The average molecular weight is 223 g/mol. The molecule has 0 saturated carbocycles. The summed E-state index contributed by atoms with van der Waals surface area (Å²) in [5.74, 6) is -0.982. The van der Waals surface area contributed by atoms with E-state index in [-0.39, 0.29) is 10.6 Å². The van der Waals surface area contributed by atoms with Gasteiger partial charge in [-0.2, -0.15) is 5.10 Å². The van der Waals surface area contributed by atoms with Crippen molar-refractivity contribution >= 4 is 33.5 Å². The number of hydrogen-bond acceptors (Lipinski definition) is 2. The lowest BCUT2D eigenvalue weighted by Gasteiger charge is -1.95. The van der Waals surface area contributed by atoms with Crippen LogP contribution in [0.1, 0.15) is 16.1 Å². The molecule has 0 fully saturated rings. The number of aromatic amines is 1. The molecule has 5 heteroatoms. The van der Waals surface area contributed by atoms with Gasteiger partial charge in [-0.05, 0) is 18.2 Å². The maximum absolute atomic E-state index is 10.8. The fourth-order valence-corrected chi connectivity index (χ4v) is 1.50. The van der Waals surface area contributed by atoms with Gasteiger partial charge < -0.3 is 5.11 Å². The van der Waals surface area contributed by atoms with Crippen molar-refractivity contribution in [3.63, 3.8) is 0 Å². The quantitative estimate of drug-likeness (QED) is 0.820. The Morgan fingerprint density at radius 3 is 2.87 bits per heavy atom. The molecule has 1 heterocycles. The Morgan fingerprint density at radius 2 is 2.27 bits per heavy atom. The van der Waals surface area contributed by atoms with Gasteiger partial charge in [0.25, 0.3) is 0 Å². The number of carbonyl (C=O) groups is 1. The van der Waals surface area contributed by atoms with Gasteiger partial charge in [0.2, 0.25) is 0 Å². The Morgan fingerprint density at radius 1 is 1.53 bits per heavy atom. The molecule has 2 N–H and O–H groups in total. The van der Waals surface area contributed by atoms with Crippen LogP contribution in [0.2, 0.25) is 0 Å². The lowest BCUT2D eigenvalue weighted by atomic mass is 10.1. The summed E-state index contributed by atoms with van der Waals surface area (Å²) >= 11 is 5.73. The van der Waals surface area contributed by atoms with Crippen molar-refractivity contribution in [2.45, 2.75) is 0 Å². The molecule has 15 heavy (non-hydrogen) atoms. The fourth-order valence-electron chi connectivity index (χ4n) is 1.35. The van der Waals surface area contributed by atoms with Gasteiger partial charge in [0.15, 0.2) is 0 Å². The van der Waals surface area contributed by atoms with E-state index in [1.807, 2.05) is 0 Å². The van der Waals surface area contributed by atoms with Crippen molar-refractivity contribution in [1.29, 1.82) is 0 Å². The van der Waals surface area contributed by atoms with Crippen molar-refractivity contribution in [3.05, 3.63) is 36.0 Å². The number of fused-ring (bicyclic) bond motifs is 1. The highest BCUT2D eigenvalue weighted by molar-refractivity contribution is 6.49. The van der Waals surface area contributed by atoms with Gasteiger partial charge in [0.05, 0.1) is 16.1 Å². The minimum atomic E-state index is -0.982. The lowest BCUT2D eigenvalue weighted by Crippen LogP contribution is -1.95.